The van der Waals surface area contributed by atoms with E-state index in [0.29, 0.717) is 12.0 Å². The first kappa shape index (κ1) is 12.8. The van der Waals surface area contributed by atoms with Gasteiger partial charge in [-0.05, 0) is 38.5 Å². The number of allylic oxidation sites excluding steroid dienone is 1. The fraction of sp³-hybridized carbons (Fsp3) is 0.857. The Balaban J connectivity index is 2.38. The Morgan fingerprint density at radius 3 is 2.47 bits per heavy atom. The molecule has 0 aromatic heterocycles. The fourth-order valence-electron chi connectivity index (χ4n) is 2.52. The molecule has 0 bridgehead atoms. The van der Waals surface area contributed by atoms with Gasteiger partial charge in [-0.2, -0.15) is 0 Å². The number of rotatable bonds is 4. The first-order chi connectivity index (χ1) is 7.15. The minimum Gasteiger partial charge on any atom is -0.311 e. The third-order valence-electron chi connectivity index (χ3n) is 3.87. The largest absolute Gasteiger partial charge is 0.311 e. The van der Waals surface area contributed by atoms with Crippen LogP contribution in [-0.4, -0.2) is 12.1 Å². The van der Waals surface area contributed by atoms with Crippen molar-refractivity contribution in [3.8, 4) is 0 Å². The van der Waals surface area contributed by atoms with Crippen LogP contribution in [-0.2, 0) is 0 Å². The summed E-state index contributed by atoms with van der Waals surface area (Å²) >= 11 is 0. The van der Waals surface area contributed by atoms with Crippen LogP contribution in [0.5, 0.6) is 0 Å². The van der Waals surface area contributed by atoms with Crippen molar-refractivity contribution < 1.29 is 0 Å². The molecule has 1 heteroatoms. The van der Waals surface area contributed by atoms with E-state index in [4.69, 9.17) is 0 Å². The molecule has 0 heterocycles. The van der Waals surface area contributed by atoms with Gasteiger partial charge < -0.3 is 5.32 Å². The van der Waals surface area contributed by atoms with E-state index in [1.54, 1.807) is 0 Å². The standard InChI is InChI=1S/C14H27N/c1-5-8-11(2)13(4)15-14-10-7-6-9-12(14)3/h5,8,11-15H,6-7,9-10H2,1-4H3. The summed E-state index contributed by atoms with van der Waals surface area (Å²) in [5.41, 5.74) is 0. The van der Waals surface area contributed by atoms with Crippen LogP contribution >= 0.6 is 0 Å². The second-order valence-electron chi connectivity index (χ2n) is 5.21. The quantitative estimate of drug-likeness (QED) is 0.695. The van der Waals surface area contributed by atoms with Gasteiger partial charge in [-0.15, -0.1) is 0 Å². The second kappa shape index (κ2) is 6.32. The van der Waals surface area contributed by atoms with Crippen LogP contribution < -0.4 is 5.32 Å². The molecule has 1 aliphatic rings. The summed E-state index contributed by atoms with van der Waals surface area (Å²) in [7, 11) is 0. The van der Waals surface area contributed by atoms with E-state index < -0.39 is 0 Å². The highest BCUT2D eigenvalue weighted by molar-refractivity contribution is 4.91. The minimum absolute atomic E-state index is 0.603. The molecule has 0 saturated heterocycles. The Bertz CT molecular complexity index is 198. The highest BCUT2D eigenvalue weighted by Crippen LogP contribution is 2.24. The zero-order valence-corrected chi connectivity index (χ0v) is 10.8. The molecule has 1 rings (SSSR count). The van der Waals surface area contributed by atoms with Gasteiger partial charge in [-0.25, -0.2) is 0 Å². The van der Waals surface area contributed by atoms with Gasteiger partial charge in [0.2, 0.25) is 0 Å². The molecular formula is C14H27N. The summed E-state index contributed by atoms with van der Waals surface area (Å²) in [5, 5.41) is 3.80. The lowest BCUT2D eigenvalue weighted by atomic mass is 9.85. The highest BCUT2D eigenvalue weighted by Gasteiger charge is 2.23. The van der Waals surface area contributed by atoms with E-state index >= 15 is 0 Å². The highest BCUT2D eigenvalue weighted by atomic mass is 15.0. The predicted molar refractivity (Wildman–Crippen MR) is 68.0 cm³/mol. The Kier molecular flexibility index (Phi) is 5.38. The minimum atomic E-state index is 0.603. The summed E-state index contributed by atoms with van der Waals surface area (Å²) in [6.45, 7) is 9.10. The first-order valence-electron chi connectivity index (χ1n) is 6.54. The fourth-order valence-corrected chi connectivity index (χ4v) is 2.52. The molecule has 4 atom stereocenters. The van der Waals surface area contributed by atoms with Crippen LogP contribution in [0.3, 0.4) is 0 Å². The first-order valence-corrected chi connectivity index (χ1v) is 6.54. The molecule has 0 spiro atoms. The average molecular weight is 209 g/mol. The summed E-state index contributed by atoms with van der Waals surface area (Å²) in [4.78, 5) is 0. The van der Waals surface area contributed by atoms with Crippen molar-refractivity contribution >= 4 is 0 Å². The van der Waals surface area contributed by atoms with Gasteiger partial charge in [0.1, 0.15) is 0 Å². The Morgan fingerprint density at radius 2 is 1.87 bits per heavy atom. The van der Waals surface area contributed by atoms with Gasteiger partial charge in [0.05, 0.1) is 0 Å². The molecule has 0 radical (unpaired) electrons. The van der Waals surface area contributed by atoms with E-state index in [2.05, 4.69) is 45.2 Å². The summed E-state index contributed by atoms with van der Waals surface area (Å²) in [6, 6.07) is 1.35. The van der Waals surface area contributed by atoms with Crippen molar-refractivity contribution in [1.82, 2.24) is 5.32 Å². The van der Waals surface area contributed by atoms with E-state index in [9.17, 15) is 0 Å². The molecule has 0 aliphatic heterocycles. The number of nitrogens with one attached hydrogen (secondary N) is 1. The van der Waals surface area contributed by atoms with Crippen LogP contribution in [0.4, 0.5) is 0 Å². The lowest BCUT2D eigenvalue weighted by Gasteiger charge is -2.33. The molecule has 0 aromatic rings. The van der Waals surface area contributed by atoms with Crippen LogP contribution in [0, 0.1) is 11.8 Å². The molecule has 15 heavy (non-hydrogen) atoms. The van der Waals surface area contributed by atoms with Crippen LogP contribution in [0.1, 0.15) is 53.4 Å². The monoisotopic (exact) mass is 209 g/mol. The maximum absolute atomic E-state index is 3.80. The summed E-state index contributed by atoms with van der Waals surface area (Å²) in [5.74, 6) is 1.50. The predicted octanol–water partition coefficient (Wildman–Crippen LogP) is 3.76. The Morgan fingerprint density at radius 1 is 1.20 bits per heavy atom. The number of hydrogen-bond acceptors (Lipinski definition) is 1. The van der Waals surface area contributed by atoms with Gasteiger partial charge in [0.25, 0.3) is 0 Å². The molecule has 1 saturated carbocycles. The van der Waals surface area contributed by atoms with Crippen molar-refractivity contribution in [3.05, 3.63) is 12.2 Å². The summed E-state index contributed by atoms with van der Waals surface area (Å²) < 4.78 is 0. The van der Waals surface area contributed by atoms with Crippen molar-refractivity contribution in [2.75, 3.05) is 0 Å². The van der Waals surface area contributed by atoms with E-state index in [1.807, 2.05) is 0 Å². The zero-order chi connectivity index (χ0) is 11.3. The van der Waals surface area contributed by atoms with Gasteiger partial charge in [-0.3, -0.25) is 0 Å². The van der Waals surface area contributed by atoms with E-state index in [1.165, 1.54) is 25.7 Å². The molecule has 1 aliphatic carbocycles. The molecule has 88 valence electrons. The topological polar surface area (TPSA) is 12.0 Å². The third-order valence-corrected chi connectivity index (χ3v) is 3.87. The maximum atomic E-state index is 3.80. The molecule has 1 N–H and O–H groups in total. The van der Waals surface area contributed by atoms with Crippen LogP contribution in [0.15, 0.2) is 12.2 Å². The van der Waals surface area contributed by atoms with Crippen LogP contribution in [0.2, 0.25) is 0 Å². The normalized spacial score (nSPS) is 31.7. The SMILES string of the molecule is CC=CC(C)C(C)NC1CCCCC1C. The molecule has 4 unspecified atom stereocenters. The van der Waals surface area contributed by atoms with Crippen LogP contribution in [0.25, 0.3) is 0 Å². The van der Waals surface area contributed by atoms with E-state index in [0.717, 1.165) is 12.0 Å². The number of hydrogen-bond donors (Lipinski definition) is 1. The van der Waals surface area contributed by atoms with Crippen molar-refractivity contribution in [1.29, 1.82) is 0 Å². The zero-order valence-electron chi connectivity index (χ0n) is 10.8. The maximum Gasteiger partial charge on any atom is 0.0102 e. The van der Waals surface area contributed by atoms with Crippen molar-refractivity contribution in [2.45, 2.75) is 65.5 Å². The lowest BCUT2D eigenvalue weighted by Crippen LogP contribution is -2.44. The average Bonchev–Trinajstić information content (AvgIpc) is 2.21. The van der Waals surface area contributed by atoms with Gasteiger partial charge in [0.15, 0.2) is 0 Å². The second-order valence-corrected chi connectivity index (χ2v) is 5.21. The van der Waals surface area contributed by atoms with E-state index in [-0.39, 0.29) is 0 Å². The molecule has 0 amide bonds. The third kappa shape index (κ3) is 3.98. The molecular weight excluding hydrogens is 182 g/mol. The van der Waals surface area contributed by atoms with Crippen molar-refractivity contribution in [2.24, 2.45) is 11.8 Å². The van der Waals surface area contributed by atoms with Gasteiger partial charge >= 0.3 is 0 Å². The molecule has 1 fully saturated rings. The van der Waals surface area contributed by atoms with Crippen molar-refractivity contribution in [3.63, 3.8) is 0 Å². The smallest absolute Gasteiger partial charge is 0.0102 e. The molecule has 1 nitrogen and oxygen atoms in total. The van der Waals surface area contributed by atoms with Gasteiger partial charge in [0, 0.05) is 12.1 Å². The lowest BCUT2D eigenvalue weighted by molar-refractivity contribution is 0.249. The molecule has 0 aromatic carbocycles. The Labute approximate surface area is 95.3 Å². The van der Waals surface area contributed by atoms with Gasteiger partial charge in [-0.1, -0.05) is 38.8 Å². The Hall–Kier alpha value is -0.300. The summed E-state index contributed by atoms with van der Waals surface area (Å²) in [6.07, 6.45) is 10.1.